The number of aromatic nitrogens is 1. The van der Waals surface area contributed by atoms with Crippen molar-refractivity contribution in [1.29, 1.82) is 0 Å². The highest BCUT2D eigenvalue weighted by Gasteiger charge is 2.11. The second-order valence-electron chi connectivity index (χ2n) is 6.56. The van der Waals surface area contributed by atoms with Crippen LogP contribution in [0.4, 0.5) is 0 Å². The Hall–Kier alpha value is -3.39. The number of nitrogens with zero attached hydrogens (tertiary/aromatic N) is 1. The zero-order valence-electron chi connectivity index (χ0n) is 14.4. The molecule has 0 aliphatic rings. The van der Waals surface area contributed by atoms with E-state index in [2.05, 4.69) is 72.6 Å². The monoisotopic (exact) mass is 335 g/mol. The minimum atomic E-state index is 0.905. The van der Waals surface area contributed by atoms with Crippen molar-refractivity contribution in [3.8, 4) is 22.4 Å². The van der Waals surface area contributed by atoms with Crippen molar-refractivity contribution in [2.75, 3.05) is 0 Å². The lowest BCUT2D eigenvalue weighted by molar-refractivity contribution is 0.669. The van der Waals surface area contributed by atoms with E-state index in [1.165, 1.54) is 16.7 Å². The summed E-state index contributed by atoms with van der Waals surface area (Å²) >= 11 is 0. The number of hydrogen-bond donors (Lipinski definition) is 0. The summed E-state index contributed by atoms with van der Waals surface area (Å²) in [5, 5.41) is 2.26. The van der Waals surface area contributed by atoms with Gasteiger partial charge in [-0.3, -0.25) is 4.98 Å². The van der Waals surface area contributed by atoms with Crippen molar-refractivity contribution < 1.29 is 4.42 Å². The molecule has 0 atom stereocenters. The summed E-state index contributed by atoms with van der Waals surface area (Å²) in [6.07, 6.45) is 1.84. The summed E-state index contributed by atoms with van der Waals surface area (Å²) in [5.41, 5.74) is 7.52. The average Bonchev–Trinajstić information content (AvgIpc) is 3.06. The third-order valence-corrected chi connectivity index (χ3v) is 4.86. The number of pyridine rings is 1. The Kier molecular flexibility index (Phi) is 3.36. The summed E-state index contributed by atoms with van der Waals surface area (Å²) in [4.78, 5) is 4.55. The zero-order chi connectivity index (χ0) is 17.5. The van der Waals surface area contributed by atoms with Crippen molar-refractivity contribution >= 4 is 21.9 Å². The molecule has 0 radical (unpaired) electrons. The van der Waals surface area contributed by atoms with E-state index in [-0.39, 0.29) is 0 Å². The second kappa shape index (κ2) is 5.85. The highest BCUT2D eigenvalue weighted by molar-refractivity contribution is 6.07. The normalized spacial score (nSPS) is 11.3. The largest absolute Gasteiger partial charge is 0.456 e. The van der Waals surface area contributed by atoms with Gasteiger partial charge in [-0.25, -0.2) is 0 Å². The lowest BCUT2D eigenvalue weighted by Crippen LogP contribution is -1.86. The predicted molar refractivity (Wildman–Crippen MR) is 107 cm³/mol. The molecule has 0 N–H and O–H groups in total. The van der Waals surface area contributed by atoms with Gasteiger partial charge in [-0.05, 0) is 60.0 Å². The molecule has 0 bridgehead atoms. The van der Waals surface area contributed by atoms with Crippen LogP contribution in [0.1, 0.15) is 5.56 Å². The van der Waals surface area contributed by atoms with Gasteiger partial charge in [0.2, 0.25) is 0 Å². The van der Waals surface area contributed by atoms with Gasteiger partial charge in [-0.1, -0.05) is 42.5 Å². The lowest BCUT2D eigenvalue weighted by Gasteiger charge is -2.04. The summed E-state index contributed by atoms with van der Waals surface area (Å²) in [6, 6.07) is 27.2. The first-order valence-electron chi connectivity index (χ1n) is 8.73. The standard InChI is InChI=1S/C24H17NO/c1-16-6-5-13-25-24(16)19-10-12-23-21(15-19)20-14-18(9-11-22(20)26-23)17-7-3-2-4-8-17/h2-15H,1H3. The van der Waals surface area contributed by atoms with E-state index in [1.807, 2.05) is 24.4 Å². The topological polar surface area (TPSA) is 26.0 Å². The third kappa shape index (κ3) is 2.39. The first-order valence-corrected chi connectivity index (χ1v) is 8.73. The highest BCUT2D eigenvalue weighted by atomic mass is 16.3. The van der Waals surface area contributed by atoms with Gasteiger partial charge in [0.25, 0.3) is 0 Å². The van der Waals surface area contributed by atoms with E-state index in [9.17, 15) is 0 Å². The van der Waals surface area contributed by atoms with Crippen LogP contribution in [0.15, 0.2) is 89.5 Å². The first kappa shape index (κ1) is 14.9. The molecule has 0 unspecified atom stereocenters. The van der Waals surface area contributed by atoms with Gasteiger partial charge in [-0.15, -0.1) is 0 Å². The molecule has 0 saturated carbocycles. The van der Waals surface area contributed by atoms with Crippen LogP contribution in [-0.2, 0) is 0 Å². The third-order valence-electron chi connectivity index (χ3n) is 4.86. The van der Waals surface area contributed by atoms with Crippen molar-refractivity contribution in [2.45, 2.75) is 6.92 Å². The van der Waals surface area contributed by atoms with Gasteiger partial charge >= 0.3 is 0 Å². The molecule has 5 aromatic rings. The first-order chi connectivity index (χ1) is 12.8. The molecule has 2 aromatic heterocycles. The van der Waals surface area contributed by atoms with E-state index in [4.69, 9.17) is 4.42 Å². The minimum absolute atomic E-state index is 0.905. The van der Waals surface area contributed by atoms with Gasteiger partial charge in [0.15, 0.2) is 0 Å². The Morgan fingerprint density at radius 2 is 1.35 bits per heavy atom. The Morgan fingerprint density at radius 1 is 0.654 bits per heavy atom. The molecule has 0 aliphatic carbocycles. The molecule has 124 valence electrons. The van der Waals surface area contributed by atoms with Crippen molar-refractivity contribution in [3.05, 3.63) is 90.6 Å². The minimum Gasteiger partial charge on any atom is -0.456 e. The van der Waals surface area contributed by atoms with Crippen molar-refractivity contribution in [1.82, 2.24) is 4.98 Å². The quantitative estimate of drug-likeness (QED) is 0.362. The Morgan fingerprint density at radius 3 is 2.08 bits per heavy atom. The Bertz CT molecular complexity index is 1240. The highest BCUT2D eigenvalue weighted by Crippen LogP contribution is 2.35. The molecule has 0 aliphatic heterocycles. The fraction of sp³-hybridized carbons (Fsp3) is 0.0417. The maximum Gasteiger partial charge on any atom is 0.135 e. The molecule has 0 spiro atoms. The van der Waals surface area contributed by atoms with Gasteiger partial charge in [0.05, 0.1) is 5.69 Å². The molecule has 3 aromatic carbocycles. The van der Waals surface area contributed by atoms with Crippen LogP contribution in [0, 0.1) is 6.92 Å². The van der Waals surface area contributed by atoms with E-state index in [0.717, 1.165) is 33.2 Å². The van der Waals surface area contributed by atoms with Crippen LogP contribution in [0.5, 0.6) is 0 Å². The van der Waals surface area contributed by atoms with Crippen LogP contribution < -0.4 is 0 Å². The maximum absolute atomic E-state index is 6.04. The van der Waals surface area contributed by atoms with E-state index in [1.54, 1.807) is 0 Å². The smallest absolute Gasteiger partial charge is 0.135 e. The van der Waals surface area contributed by atoms with Crippen LogP contribution >= 0.6 is 0 Å². The molecule has 0 fully saturated rings. The molecule has 2 nitrogen and oxygen atoms in total. The Balaban J connectivity index is 1.74. The molecule has 2 heteroatoms. The Labute approximate surface area is 151 Å². The SMILES string of the molecule is Cc1cccnc1-c1ccc2oc3ccc(-c4ccccc4)cc3c2c1. The lowest BCUT2D eigenvalue weighted by atomic mass is 10.0. The van der Waals surface area contributed by atoms with Crippen LogP contribution in [0.3, 0.4) is 0 Å². The summed E-state index contributed by atoms with van der Waals surface area (Å²) in [5.74, 6) is 0. The van der Waals surface area contributed by atoms with E-state index < -0.39 is 0 Å². The fourth-order valence-corrected chi connectivity index (χ4v) is 3.52. The molecule has 0 amide bonds. The molecule has 26 heavy (non-hydrogen) atoms. The van der Waals surface area contributed by atoms with E-state index >= 15 is 0 Å². The molecule has 0 saturated heterocycles. The number of rotatable bonds is 2. The van der Waals surface area contributed by atoms with Gasteiger partial charge in [-0.2, -0.15) is 0 Å². The molecule has 2 heterocycles. The van der Waals surface area contributed by atoms with Gasteiger partial charge < -0.3 is 4.42 Å². The molecular formula is C24H17NO. The number of benzene rings is 3. The van der Waals surface area contributed by atoms with Crippen LogP contribution in [-0.4, -0.2) is 4.98 Å². The zero-order valence-corrected chi connectivity index (χ0v) is 14.4. The second-order valence-corrected chi connectivity index (χ2v) is 6.56. The average molecular weight is 335 g/mol. The number of aryl methyl sites for hydroxylation is 1. The van der Waals surface area contributed by atoms with Crippen molar-refractivity contribution in [3.63, 3.8) is 0 Å². The number of furan rings is 1. The molecule has 5 rings (SSSR count). The number of hydrogen-bond acceptors (Lipinski definition) is 2. The predicted octanol–water partition coefficient (Wildman–Crippen LogP) is 6.62. The van der Waals surface area contributed by atoms with E-state index in [0.29, 0.717) is 0 Å². The van der Waals surface area contributed by atoms with Gasteiger partial charge in [0.1, 0.15) is 11.2 Å². The summed E-state index contributed by atoms with van der Waals surface area (Å²) in [7, 11) is 0. The molecular weight excluding hydrogens is 318 g/mol. The van der Waals surface area contributed by atoms with Gasteiger partial charge in [0, 0.05) is 22.5 Å². The summed E-state index contributed by atoms with van der Waals surface area (Å²) in [6.45, 7) is 2.09. The maximum atomic E-state index is 6.04. The van der Waals surface area contributed by atoms with Crippen LogP contribution in [0.2, 0.25) is 0 Å². The fourth-order valence-electron chi connectivity index (χ4n) is 3.52. The number of fused-ring (bicyclic) bond motifs is 3. The summed E-state index contributed by atoms with van der Waals surface area (Å²) < 4.78 is 6.04. The van der Waals surface area contributed by atoms with Crippen LogP contribution in [0.25, 0.3) is 44.3 Å². The van der Waals surface area contributed by atoms with Crippen molar-refractivity contribution in [2.24, 2.45) is 0 Å².